The Morgan fingerprint density at radius 1 is 0.512 bits per heavy atom. The van der Waals surface area contributed by atoms with Crippen molar-refractivity contribution in [2.24, 2.45) is 0 Å². The van der Waals surface area contributed by atoms with Gasteiger partial charge in [-0.05, 0) is 66.7 Å². The van der Waals surface area contributed by atoms with Crippen molar-refractivity contribution < 1.29 is 45.6 Å². The van der Waals surface area contributed by atoms with Crippen LogP contribution in [0, 0.1) is 0 Å². The van der Waals surface area contributed by atoms with E-state index in [1.807, 2.05) is 20.8 Å². The smallest absolute Gasteiger partial charge is 0.462 e. The van der Waals surface area contributed by atoms with Gasteiger partial charge in [0.15, 0.2) is 0 Å². The first kappa shape index (κ1) is 41.7. The maximum absolute atomic E-state index is 11.4. The molecule has 0 bridgehead atoms. The Bertz CT molecular complexity index is 679. The van der Waals surface area contributed by atoms with E-state index in [0.717, 1.165) is 19.3 Å². The lowest BCUT2D eigenvalue weighted by Gasteiger charge is -2.29. The lowest BCUT2D eigenvalue weighted by Crippen LogP contribution is -2.46. The first-order chi connectivity index (χ1) is 19.5. The van der Waals surface area contributed by atoms with Crippen molar-refractivity contribution in [3.05, 3.63) is 24.3 Å². The topological polar surface area (TPSA) is 108 Å². The summed E-state index contributed by atoms with van der Waals surface area (Å²) in [5.41, 5.74) is 0.818. The van der Waals surface area contributed by atoms with Gasteiger partial charge < -0.3 is 36.0 Å². The van der Waals surface area contributed by atoms with Crippen molar-refractivity contribution in [3.8, 4) is 0 Å². The monoisotopic (exact) mass is 622 g/mol. The van der Waals surface area contributed by atoms with Crippen LogP contribution < -0.4 is 0 Å². The largest absolute Gasteiger partial charge is 0.501 e. The van der Waals surface area contributed by atoms with Crippen LogP contribution in [0.15, 0.2) is 24.3 Å². The number of carbonyl (C=O) groups is 2. The van der Waals surface area contributed by atoms with Crippen LogP contribution in [0.1, 0.15) is 87.5 Å². The minimum absolute atomic E-state index is 0.327. The Hall–Kier alpha value is -1.39. The first-order valence-corrected chi connectivity index (χ1v) is 18.9. The van der Waals surface area contributed by atoms with Crippen LogP contribution in [0.2, 0.25) is 12.1 Å². The summed E-state index contributed by atoms with van der Waals surface area (Å²) < 4.78 is 45.2. The molecule has 0 aliphatic heterocycles. The normalized spacial score (nSPS) is 11.4. The average molecular weight is 623 g/mol. The van der Waals surface area contributed by atoms with E-state index in [1.165, 1.54) is 0 Å². The van der Waals surface area contributed by atoms with Gasteiger partial charge in [0.2, 0.25) is 0 Å². The zero-order valence-electron chi connectivity index (χ0n) is 27.1. The van der Waals surface area contributed by atoms with Crippen LogP contribution >= 0.6 is 0 Å². The molecule has 0 saturated carbocycles. The van der Waals surface area contributed by atoms with Crippen LogP contribution in [-0.4, -0.2) is 82.4 Å². The molecule has 0 spiro atoms. The minimum atomic E-state index is -2.67. The van der Waals surface area contributed by atoms with E-state index in [-0.39, 0.29) is 11.9 Å². The standard InChI is InChI=1S/C16H32O5Si.C13H26O5Si/c1-6-10-19-22(20-11-7-2,21-12-8-3)14-9-13-18-16(17)15(4)5;1-6-16-19(17-7-2,18-8-3)11-9-10-15-13(14)12(4)5/h4,6-14H2,1-3,5H3;4,6-11H2,1-3,5H3. The summed E-state index contributed by atoms with van der Waals surface area (Å²) in [4.78, 5) is 22.6. The van der Waals surface area contributed by atoms with Gasteiger partial charge in [0.1, 0.15) is 0 Å². The van der Waals surface area contributed by atoms with Crippen LogP contribution in [-0.2, 0) is 45.6 Å². The van der Waals surface area contributed by atoms with Crippen LogP contribution in [0.25, 0.3) is 0 Å². The second-order valence-corrected chi connectivity index (χ2v) is 14.7. The van der Waals surface area contributed by atoms with Crippen molar-refractivity contribution in [3.63, 3.8) is 0 Å². The highest BCUT2D eigenvalue weighted by Gasteiger charge is 2.41. The van der Waals surface area contributed by atoms with Gasteiger partial charge in [-0.15, -0.1) is 0 Å². The molecule has 0 saturated heterocycles. The molecule has 0 aliphatic rings. The molecule has 41 heavy (non-hydrogen) atoms. The summed E-state index contributed by atoms with van der Waals surface area (Å²) in [5, 5.41) is 0. The number of hydrogen-bond donors (Lipinski definition) is 0. The molecule has 0 aromatic heterocycles. The molecular formula is C29H58O10Si2. The number of hydrogen-bond acceptors (Lipinski definition) is 10. The van der Waals surface area contributed by atoms with E-state index in [1.54, 1.807) is 13.8 Å². The van der Waals surface area contributed by atoms with Crippen molar-refractivity contribution in [2.45, 2.75) is 99.6 Å². The fourth-order valence-electron chi connectivity index (χ4n) is 3.27. The van der Waals surface area contributed by atoms with Crippen molar-refractivity contribution in [2.75, 3.05) is 52.9 Å². The lowest BCUT2D eigenvalue weighted by atomic mass is 10.4. The van der Waals surface area contributed by atoms with E-state index in [9.17, 15) is 9.59 Å². The molecule has 0 N–H and O–H groups in total. The minimum Gasteiger partial charge on any atom is -0.462 e. The van der Waals surface area contributed by atoms with E-state index >= 15 is 0 Å². The molecule has 0 aromatic carbocycles. The quantitative estimate of drug-likeness (QED) is 0.0501. The van der Waals surface area contributed by atoms with Gasteiger partial charge in [0.25, 0.3) is 0 Å². The summed E-state index contributed by atoms with van der Waals surface area (Å²) in [7, 11) is -5.28. The highest BCUT2D eigenvalue weighted by Crippen LogP contribution is 2.20. The third-order valence-corrected chi connectivity index (χ3v) is 11.1. The highest BCUT2D eigenvalue weighted by atomic mass is 28.4. The average Bonchev–Trinajstić information content (AvgIpc) is 2.94. The Morgan fingerprint density at radius 2 is 0.805 bits per heavy atom. The second kappa shape index (κ2) is 26.3. The van der Waals surface area contributed by atoms with E-state index < -0.39 is 17.6 Å². The van der Waals surface area contributed by atoms with Crippen molar-refractivity contribution >= 4 is 29.5 Å². The zero-order valence-corrected chi connectivity index (χ0v) is 29.1. The van der Waals surface area contributed by atoms with Crippen LogP contribution in [0.3, 0.4) is 0 Å². The molecule has 0 rings (SSSR count). The fourth-order valence-corrected chi connectivity index (χ4v) is 8.65. The molecule has 0 aliphatic carbocycles. The Balaban J connectivity index is 0. The fraction of sp³-hybridized carbons (Fsp3) is 0.793. The van der Waals surface area contributed by atoms with Crippen molar-refractivity contribution in [1.29, 1.82) is 0 Å². The molecule has 10 nitrogen and oxygen atoms in total. The van der Waals surface area contributed by atoms with Gasteiger partial charge in [-0.25, -0.2) is 9.59 Å². The highest BCUT2D eigenvalue weighted by molar-refractivity contribution is 6.61. The van der Waals surface area contributed by atoms with Gasteiger partial charge in [0, 0.05) is 62.9 Å². The van der Waals surface area contributed by atoms with Gasteiger partial charge in [-0.2, -0.15) is 0 Å². The Kier molecular flexibility index (Phi) is 26.7. The molecular weight excluding hydrogens is 564 g/mol. The molecule has 0 atom stereocenters. The predicted molar refractivity (Wildman–Crippen MR) is 166 cm³/mol. The summed E-state index contributed by atoms with van der Waals surface area (Å²) in [6.45, 7) is 26.5. The predicted octanol–water partition coefficient (Wildman–Crippen LogP) is 6.26. The molecule has 0 aromatic rings. The Morgan fingerprint density at radius 3 is 1.05 bits per heavy atom. The number of ether oxygens (including phenoxy) is 2. The molecule has 0 unspecified atom stereocenters. The van der Waals surface area contributed by atoms with E-state index in [0.29, 0.717) is 88.9 Å². The molecule has 0 radical (unpaired) electrons. The zero-order chi connectivity index (χ0) is 31.6. The van der Waals surface area contributed by atoms with Crippen LogP contribution in [0.5, 0.6) is 0 Å². The maximum atomic E-state index is 11.4. The van der Waals surface area contributed by atoms with E-state index in [4.69, 9.17) is 36.0 Å². The lowest BCUT2D eigenvalue weighted by molar-refractivity contribution is -0.139. The SMILES string of the molecule is C=C(C)C(=O)OCCC[Si](OCC)(OCC)OCC.C=C(C)C(=O)OCCC[Si](OCCC)(OCCC)OCCC. The number of rotatable bonds is 25. The first-order valence-electron chi connectivity index (χ1n) is 15.0. The molecule has 0 amide bonds. The van der Waals surface area contributed by atoms with Gasteiger partial charge >= 0.3 is 29.5 Å². The summed E-state index contributed by atoms with van der Waals surface area (Å²) in [5.74, 6) is -0.720. The third-order valence-electron chi connectivity index (χ3n) is 5.09. The Labute approximate surface area is 251 Å². The number of esters is 2. The molecule has 0 fully saturated rings. The van der Waals surface area contributed by atoms with Gasteiger partial charge in [-0.1, -0.05) is 33.9 Å². The van der Waals surface area contributed by atoms with E-state index in [2.05, 4.69) is 33.9 Å². The molecule has 0 heterocycles. The van der Waals surface area contributed by atoms with Crippen molar-refractivity contribution in [1.82, 2.24) is 0 Å². The maximum Gasteiger partial charge on any atom is 0.501 e. The van der Waals surface area contributed by atoms with Gasteiger partial charge in [-0.3, -0.25) is 0 Å². The summed E-state index contributed by atoms with van der Waals surface area (Å²) >= 11 is 0. The third kappa shape index (κ3) is 21.0. The second-order valence-electron chi connectivity index (χ2n) is 9.25. The summed E-state index contributed by atoms with van der Waals surface area (Å²) in [6, 6.07) is 1.31. The van der Waals surface area contributed by atoms with Crippen LogP contribution in [0.4, 0.5) is 0 Å². The molecule has 12 heteroatoms. The molecule has 242 valence electrons. The van der Waals surface area contributed by atoms with Gasteiger partial charge in [0.05, 0.1) is 13.2 Å². The summed E-state index contributed by atoms with van der Waals surface area (Å²) in [6.07, 6.45) is 4.09. The number of carbonyl (C=O) groups excluding carboxylic acids is 2.